The normalized spacial score (nSPS) is 18.5. The Kier molecular flexibility index (Phi) is 12.6. The molecule has 2 heterocycles. The quantitative estimate of drug-likeness (QED) is 0.195. The lowest BCUT2D eigenvalue weighted by Gasteiger charge is -2.34. The van der Waals surface area contributed by atoms with Crippen molar-refractivity contribution in [3.63, 3.8) is 0 Å². The Labute approximate surface area is 288 Å². The Balaban J connectivity index is 1.50. The summed E-state index contributed by atoms with van der Waals surface area (Å²) in [5.41, 5.74) is -0.0496. The minimum atomic E-state index is -4.72. The average Bonchev–Trinajstić information content (AvgIpc) is 3.74. The van der Waals surface area contributed by atoms with Crippen molar-refractivity contribution in [3.05, 3.63) is 30.0 Å². The average molecular weight is 716 g/mol. The molecule has 3 aliphatic rings. The molecule has 0 spiro atoms. The molecule has 50 heavy (non-hydrogen) atoms. The minimum absolute atomic E-state index is 0.0245. The topological polar surface area (TPSA) is 88.9 Å². The first-order valence-corrected chi connectivity index (χ1v) is 17.8. The van der Waals surface area contributed by atoms with Gasteiger partial charge in [-0.15, -0.1) is 0 Å². The van der Waals surface area contributed by atoms with E-state index < -0.39 is 37.5 Å². The third kappa shape index (κ3) is 10.3. The lowest BCUT2D eigenvalue weighted by Crippen LogP contribution is -2.47. The number of likely N-dealkylation sites (tertiary alicyclic amines) is 1. The Hall–Kier alpha value is -3.49. The van der Waals surface area contributed by atoms with Gasteiger partial charge in [0.15, 0.2) is 18.9 Å². The summed E-state index contributed by atoms with van der Waals surface area (Å²) in [5.74, 6) is -1.31. The molecule has 5 rings (SSSR count). The molecule has 1 aromatic carbocycles. The van der Waals surface area contributed by atoms with Gasteiger partial charge >= 0.3 is 12.4 Å². The Morgan fingerprint density at radius 3 is 2.08 bits per heavy atom. The number of amides is 2. The SMILES string of the molecule is CCN(C(=O)c1cc(-c2c(OCC(F)(F)F)cccc2OCC(F)(F)F)n(C2CCCC2)n1)[C@@H](CCN1CCCCC1)CC(=O)NC1CCC1. The van der Waals surface area contributed by atoms with Gasteiger partial charge < -0.3 is 24.6 Å². The van der Waals surface area contributed by atoms with E-state index in [1.807, 2.05) is 6.92 Å². The molecule has 15 heteroatoms. The molecular formula is C35H47F6N5O4. The van der Waals surface area contributed by atoms with Crippen molar-refractivity contribution in [2.45, 2.75) is 114 Å². The van der Waals surface area contributed by atoms with E-state index >= 15 is 0 Å². The van der Waals surface area contributed by atoms with E-state index in [0.717, 1.165) is 58.0 Å². The van der Waals surface area contributed by atoms with Crippen molar-refractivity contribution in [2.24, 2.45) is 0 Å². The molecule has 0 bridgehead atoms. The predicted molar refractivity (Wildman–Crippen MR) is 174 cm³/mol. The zero-order chi connectivity index (χ0) is 35.9. The highest BCUT2D eigenvalue weighted by Gasteiger charge is 2.35. The lowest BCUT2D eigenvalue weighted by molar-refractivity contribution is -0.153. The van der Waals surface area contributed by atoms with E-state index in [-0.39, 0.29) is 59.4 Å². The molecule has 3 fully saturated rings. The second kappa shape index (κ2) is 16.7. The fourth-order valence-corrected chi connectivity index (χ4v) is 7.09. The first-order valence-electron chi connectivity index (χ1n) is 17.8. The van der Waals surface area contributed by atoms with Gasteiger partial charge in [0.05, 0.1) is 17.3 Å². The second-order valence-corrected chi connectivity index (χ2v) is 13.6. The number of rotatable bonds is 15. The van der Waals surface area contributed by atoms with E-state index in [2.05, 4.69) is 15.3 Å². The number of ether oxygens (including phenoxy) is 2. The predicted octanol–water partition coefficient (Wildman–Crippen LogP) is 7.31. The number of benzene rings is 1. The molecule has 9 nitrogen and oxygen atoms in total. The van der Waals surface area contributed by atoms with E-state index in [4.69, 9.17) is 9.47 Å². The van der Waals surface area contributed by atoms with Crippen LogP contribution in [0, 0.1) is 0 Å². The summed E-state index contributed by atoms with van der Waals surface area (Å²) in [6.07, 6.45) is 0.459. The van der Waals surface area contributed by atoms with Crippen LogP contribution in [-0.4, -0.2) is 95.2 Å². The summed E-state index contributed by atoms with van der Waals surface area (Å²) in [7, 11) is 0. The molecule has 1 aromatic heterocycles. The number of halogens is 6. The van der Waals surface area contributed by atoms with Crippen molar-refractivity contribution >= 4 is 11.8 Å². The molecule has 0 radical (unpaired) electrons. The highest BCUT2D eigenvalue weighted by atomic mass is 19.4. The van der Waals surface area contributed by atoms with Crippen LogP contribution in [0.25, 0.3) is 11.3 Å². The fraction of sp³-hybridized carbons (Fsp3) is 0.686. The van der Waals surface area contributed by atoms with Crippen molar-refractivity contribution in [2.75, 3.05) is 39.4 Å². The van der Waals surface area contributed by atoms with E-state index in [1.165, 1.54) is 35.4 Å². The number of piperidine rings is 1. The van der Waals surface area contributed by atoms with Crippen LogP contribution in [0.2, 0.25) is 0 Å². The van der Waals surface area contributed by atoms with Crippen LogP contribution in [0.3, 0.4) is 0 Å². The summed E-state index contributed by atoms with van der Waals surface area (Å²) < 4.78 is 91.5. The van der Waals surface area contributed by atoms with Gasteiger partial charge in [-0.3, -0.25) is 14.3 Å². The van der Waals surface area contributed by atoms with Gasteiger partial charge in [0.2, 0.25) is 5.91 Å². The van der Waals surface area contributed by atoms with Gasteiger partial charge in [-0.25, -0.2) is 0 Å². The van der Waals surface area contributed by atoms with Gasteiger partial charge in [-0.1, -0.05) is 25.3 Å². The summed E-state index contributed by atoms with van der Waals surface area (Å²) >= 11 is 0. The summed E-state index contributed by atoms with van der Waals surface area (Å²) in [5, 5.41) is 7.75. The number of carbonyl (C=O) groups is 2. The van der Waals surface area contributed by atoms with Gasteiger partial charge in [-0.05, 0) is 89.6 Å². The van der Waals surface area contributed by atoms with E-state index in [0.29, 0.717) is 25.8 Å². The molecule has 1 N–H and O–H groups in total. The maximum absolute atomic E-state index is 14.4. The van der Waals surface area contributed by atoms with Gasteiger partial charge in [0, 0.05) is 31.6 Å². The van der Waals surface area contributed by atoms with Crippen LogP contribution in [-0.2, 0) is 4.79 Å². The maximum Gasteiger partial charge on any atom is 0.422 e. The minimum Gasteiger partial charge on any atom is -0.483 e. The number of carbonyl (C=O) groups excluding carboxylic acids is 2. The highest BCUT2D eigenvalue weighted by molar-refractivity contribution is 5.94. The van der Waals surface area contributed by atoms with Crippen LogP contribution in [0.15, 0.2) is 24.3 Å². The molecular weight excluding hydrogens is 668 g/mol. The lowest BCUT2D eigenvalue weighted by atomic mass is 9.93. The van der Waals surface area contributed by atoms with Crippen LogP contribution >= 0.6 is 0 Å². The molecule has 278 valence electrons. The van der Waals surface area contributed by atoms with Crippen molar-refractivity contribution in [1.29, 1.82) is 0 Å². The number of alkyl halides is 6. The van der Waals surface area contributed by atoms with E-state index in [9.17, 15) is 35.9 Å². The van der Waals surface area contributed by atoms with Crippen LogP contribution in [0.4, 0.5) is 26.3 Å². The molecule has 2 saturated carbocycles. The third-order valence-electron chi connectivity index (χ3n) is 9.81. The van der Waals surface area contributed by atoms with Crippen molar-refractivity contribution < 1.29 is 45.4 Å². The standard InChI is InChI=1S/C35H47F6N5O4/c1-2-45(26(16-19-44-17-6-3-7-18-44)20-31(47)42-24-10-8-11-24)33(48)27-21-28(46(43-27)25-12-4-5-13-25)32-29(49-22-34(36,37)38)14-9-15-30(32)50-23-35(39,40)41/h9,14-15,21,24-26H,2-8,10-13,16-20,22-23H2,1H3,(H,42,47)/t26-/m0/s1. The van der Waals surface area contributed by atoms with Crippen molar-refractivity contribution in [3.8, 4) is 22.8 Å². The first kappa shape index (κ1) is 37.8. The fourth-order valence-electron chi connectivity index (χ4n) is 7.09. The third-order valence-corrected chi connectivity index (χ3v) is 9.81. The zero-order valence-electron chi connectivity index (χ0n) is 28.5. The maximum atomic E-state index is 14.4. The van der Waals surface area contributed by atoms with Gasteiger partial charge in [0.25, 0.3) is 5.91 Å². The van der Waals surface area contributed by atoms with Gasteiger partial charge in [0.1, 0.15) is 11.5 Å². The van der Waals surface area contributed by atoms with Gasteiger partial charge in [-0.2, -0.15) is 31.4 Å². The second-order valence-electron chi connectivity index (χ2n) is 13.6. The summed E-state index contributed by atoms with van der Waals surface area (Å²) in [6.45, 7) is 1.31. The molecule has 1 aliphatic heterocycles. The van der Waals surface area contributed by atoms with E-state index in [1.54, 1.807) is 4.90 Å². The number of aromatic nitrogens is 2. The summed E-state index contributed by atoms with van der Waals surface area (Å²) in [4.78, 5) is 31.5. The molecule has 2 amide bonds. The number of nitrogens with zero attached hydrogens (tertiary/aromatic N) is 4. The highest BCUT2D eigenvalue weighted by Crippen LogP contribution is 2.43. The summed E-state index contributed by atoms with van der Waals surface area (Å²) in [6, 6.07) is 4.53. The van der Waals surface area contributed by atoms with Crippen molar-refractivity contribution in [1.82, 2.24) is 24.9 Å². The molecule has 2 aromatic rings. The number of hydrogen-bond acceptors (Lipinski definition) is 6. The zero-order valence-corrected chi connectivity index (χ0v) is 28.5. The Bertz CT molecular complexity index is 1400. The van der Waals surface area contributed by atoms with Crippen LogP contribution < -0.4 is 14.8 Å². The molecule has 0 unspecified atom stereocenters. The number of hydrogen-bond donors (Lipinski definition) is 1. The first-order chi connectivity index (χ1) is 23.8. The largest absolute Gasteiger partial charge is 0.483 e. The van der Waals surface area contributed by atoms with Crippen LogP contribution in [0.1, 0.15) is 101 Å². The molecule has 1 saturated heterocycles. The smallest absolute Gasteiger partial charge is 0.422 e. The number of nitrogens with one attached hydrogen (secondary N) is 1. The molecule has 1 atom stereocenters. The Morgan fingerprint density at radius 2 is 1.54 bits per heavy atom. The monoisotopic (exact) mass is 715 g/mol. The Morgan fingerprint density at radius 1 is 0.920 bits per heavy atom. The van der Waals surface area contributed by atoms with Crippen LogP contribution in [0.5, 0.6) is 11.5 Å². The molecule has 2 aliphatic carbocycles.